The van der Waals surface area contributed by atoms with E-state index in [9.17, 15) is 31.1 Å². The molecule has 5 rings (SSSR count). The summed E-state index contributed by atoms with van der Waals surface area (Å²) < 4.78 is 85.7. The Bertz CT molecular complexity index is 1120. The number of ether oxygens (including phenoxy) is 1. The first-order valence-electron chi connectivity index (χ1n) is 12.7. The number of aromatic nitrogens is 2. The van der Waals surface area contributed by atoms with Gasteiger partial charge in [-0.25, -0.2) is 4.79 Å². The molecule has 0 radical (unpaired) electrons. The van der Waals surface area contributed by atoms with Crippen molar-refractivity contribution >= 4 is 11.9 Å². The Morgan fingerprint density at radius 3 is 2.26 bits per heavy atom. The Morgan fingerprint density at radius 2 is 1.63 bits per heavy atom. The standard InChI is InChI=1S/C25H29F6N5O2/c26-24(27,28)16-7-15(8-17(9-16)25(29,30)31)14-38-23(37)35-5-2-6-36-21(13-35)12-22(34-36)33-20-10-18-3-1-4-19(11-20)32-18/h7-9,12,18-20,32H,1-6,10-11,13-14H2,(H,33,34). The number of carbonyl (C=O) groups excluding carboxylic acids is 1. The predicted molar refractivity (Wildman–Crippen MR) is 125 cm³/mol. The molecule has 0 aliphatic carbocycles. The van der Waals surface area contributed by atoms with Crippen molar-refractivity contribution in [2.45, 2.75) is 88.7 Å². The lowest BCUT2D eigenvalue weighted by atomic mass is 9.84. The summed E-state index contributed by atoms with van der Waals surface area (Å²) in [6, 6.07) is 4.37. The number of alkyl halides is 6. The van der Waals surface area contributed by atoms with Crippen LogP contribution in [0.4, 0.5) is 37.0 Å². The number of halogens is 6. The van der Waals surface area contributed by atoms with Gasteiger partial charge in [0.15, 0.2) is 0 Å². The largest absolute Gasteiger partial charge is 0.445 e. The third kappa shape index (κ3) is 6.19. The summed E-state index contributed by atoms with van der Waals surface area (Å²) >= 11 is 0. The lowest BCUT2D eigenvalue weighted by Crippen LogP contribution is -2.52. The normalized spacial score (nSPS) is 23.9. The van der Waals surface area contributed by atoms with Gasteiger partial charge in [-0.1, -0.05) is 6.42 Å². The SMILES string of the molecule is O=C(OCc1cc(C(F)(F)F)cc(C(F)(F)F)c1)N1CCCn2nc(NC3CC4CCCC(C3)N4)cc2C1. The van der Waals surface area contributed by atoms with E-state index in [2.05, 4.69) is 15.7 Å². The van der Waals surface area contributed by atoms with Crippen LogP contribution in [0.5, 0.6) is 0 Å². The molecule has 208 valence electrons. The van der Waals surface area contributed by atoms with E-state index in [1.807, 2.05) is 10.7 Å². The smallest absolute Gasteiger partial charge is 0.416 e. The molecular weight excluding hydrogens is 516 g/mol. The number of piperidine rings is 2. The molecule has 4 heterocycles. The molecule has 3 aliphatic heterocycles. The Hall–Kier alpha value is -2.96. The van der Waals surface area contributed by atoms with E-state index in [1.165, 1.54) is 24.2 Å². The maximum atomic E-state index is 13.1. The summed E-state index contributed by atoms with van der Waals surface area (Å²) in [6.07, 6.45) is -4.56. The highest BCUT2D eigenvalue weighted by atomic mass is 19.4. The minimum absolute atomic E-state index is 0.0447. The van der Waals surface area contributed by atoms with Crippen molar-refractivity contribution in [3.63, 3.8) is 0 Å². The number of aryl methyl sites for hydroxylation is 1. The Kier molecular flexibility index (Phi) is 7.23. The molecule has 2 atom stereocenters. The van der Waals surface area contributed by atoms with Crippen molar-refractivity contribution in [2.24, 2.45) is 0 Å². The maximum Gasteiger partial charge on any atom is 0.416 e. The van der Waals surface area contributed by atoms with Crippen LogP contribution in [0, 0.1) is 0 Å². The molecule has 2 bridgehead atoms. The number of nitrogens with zero attached hydrogens (tertiary/aromatic N) is 3. The summed E-state index contributed by atoms with van der Waals surface area (Å²) in [6.45, 7) is 0.341. The van der Waals surface area contributed by atoms with E-state index in [1.54, 1.807) is 0 Å². The fourth-order valence-corrected chi connectivity index (χ4v) is 5.62. The zero-order valence-electron chi connectivity index (χ0n) is 20.5. The molecule has 2 aromatic rings. The van der Waals surface area contributed by atoms with Crippen molar-refractivity contribution in [3.8, 4) is 0 Å². The Balaban J connectivity index is 1.22. The van der Waals surface area contributed by atoms with Gasteiger partial charge in [0, 0.05) is 37.3 Å². The molecule has 0 spiro atoms. The summed E-state index contributed by atoms with van der Waals surface area (Å²) in [7, 11) is 0. The van der Waals surface area contributed by atoms with Gasteiger partial charge in [-0.3, -0.25) is 4.68 Å². The van der Waals surface area contributed by atoms with Crippen LogP contribution < -0.4 is 10.6 Å². The van der Waals surface area contributed by atoms with Gasteiger partial charge in [0.05, 0.1) is 23.4 Å². The first-order valence-corrected chi connectivity index (χ1v) is 12.7. The molecule has 2 saturated heterocycles. The zero-order valence-corrected chi connectivity index (χ0v) is 20.5. The number of hydrogen-bond donors (Lipinski definition) is 2. The fraction of sp³-hybridized carbons (Fsp3) is 0.600. The van der Waals surface area contributed by atoms with E-state index < -0.39 is 41.7 Å². The molecule has 2 N–H and O–H groups in total. The minimum Gasteiger partial charge on any atom is -0.445 e. The number of amides is 1. The molecule has 3 aliphatic rings. The van der Waals surface area contributed by atoms with Crippen molar-refractivity contribution in [1.82, 2.24) is 20.0 Å². The number of carbonyl (C=O) groups is 1. The van der Waals surface area contributed by atoms with Gasteiger partial charge in [-0.05, 0) is 55.9 Å². The topological polar surface area (TPSA) is 71.4 Å². The van der Waals surface area contributed by atoms with Gasteiger partial charge in [0.2, 0.25) is 0 Å². The van der Waals surface area contributed by atoms with Crippen molar-refractivity contribution in [3.05, 3.63) is 46.6 Å². The van der Waals surface area contributed by atoms with E-state index in [0.717, 1.165) is 24.4 Å². The van der Waals surface area contributed by atoms with E-state index in [-0.39, 0.29) is 12.6 Å². The van der Waals surface area contributed by atoms with Crippen LogP contribution in [0.2, 0.25) is 0 Å². The van der Waals surface area contributed by atoms with Gasteiger partial charge in [-0.15, -0.1) is 0 Å². The number of nitrogens with one attached hydrogen (secondary N) is 2. The third-order valence-electron chi connectivity index (χ3n) is 7.35. The molecule has 1 amide bonds. The molecule has 2 fully saturated rings. The van der Waals surface area contributed by atoms with Crippen molar-refractivity contribution in [2.75, 3.05) is 11.9 Å². The highest BCUT2D eigenvalue weighted by Crippen LogP contribution is 2.36. The average molecular weight is 546 g/mol. The van der Waals surface area contributed by atoms with Crippen LogP contribution in [0.15, 0.2) is 24.3 Å². The second-order valence-corrected chi connectivity index (χ2v) is 10.3. The lowest BCUT2D eigenvalue weighted by Gasteiger charge is -2.40. The number of fused-ring (bicyclic) bond motifs is 3. The molecule has 0 saturated carbocycles. The van der Waals surface area contributed by atoms with E-state index >= 15 is 0 Å². The van der Waals surface area contributed by atoms with Crippen molar-refractivity contribution in [1.29, 1.82) is 0 Å². The van der Waals surface area contributed by atoms with Crippen LogP contribution in [0.1, 0.15) is 60.9 Å². The average Bonchev–Trinajstić information content (AvgIpc) is 3.09. The number of hydrogen-bond acceptors (Lipinski definition) is 5. The van der Waals surface area contributed by atoms with Gasteiger partial charge in [0.1, 0.15) is 12.4 Å². The summed E-state index contributed by atoms with van der Waals surface area (Å²) in [5.74, 6) is 0.726. The monoisotopic (exact) mass is 545 g/mol. The number of rotatable bonds is 4. The van der Waals surface area contributed by atoms with Gasteiger partial charge < -0.3 is 20.3 Å². The first-order chi connectivity index (χ1) is 17.9. The molecular formula is C25H29F6N5O2. The van der Waals surface area contributed by atoms with Crippen LogP contribution >= 0.6 is 0 Å². The van der Waals surface area contributed by atoms with Gasteiger partial charge in [-0.2, -0.15) is 31.4 Å². The highest BCUT2D eigenvalue weighted by Gasteiger charge is 2.37. The Morgan fingerprint density at radius 1 is 0.974 bits per heavy atom. The van der Waals surface area contributed by atoms with Gasteiger partial charge >= 0.3 is 18.4 Å². The van der Waals surface area contributed by atoms with Gasteiger partial charge in [0.25, 0.3) is 0 Å². The minimum atomic E-state index is -4.97. The second kappa shape index (κ2) is 10.3. The first kappa shape index (κ1) is 26.6. The highest BCUT2D eigenvalue weighted by molar-refractivity contribution is 5.67. The summed E-state index contributed by atoms with van der Waals surface area (Å²) in [4.78, 5) is 14.1. The summed E-state index contributed by atoms with van der Waals surface area (Å²) in [5, 5.41) is 11.8. The zero-order chi connectivity index (χ0) is 27.1. The number of anilines is 1. The second-order valence-electron chi connectivity index (χ2n) is 10.3. The molecule has 13 heteroatoms. The lowest BCUT2D eigenvalue weighted by molar-refractivity contribution is -0.143. The maximum absolute atomic E-state index is 13.1. The molecule has 1 aromatic carbocycles. The van der Waals surface area contributed by atoms with Crippen LogP contribution in [-0.4, -0.2) is 45.4 Å². The van der Waals surface area contributed by atoms with Crippen LogP contribution in [0.3, 0.4) is 0 Å². The van der Waals surface area contributed by atoms with E-state index in [4.69, 9.17) is 4.74 Å². The van der Waals surface area contributed by atoms with Crippen LogP contribution in [-0.2, 0) is 36.8 Å². The fourth-order valence-electron chi connectivity index (χ4n) is 5.62. The quantitative estimate of drug-likeness (QED) is 0.494. The van der Waals surface area contributed by atoms with E-state index in [0.29, 0.717) is 49.8 Å². The van der Waals surface area contributed by atoms with Crippen LogP contribution in [0.25, 0.3) is 0 Å². The van der Waals surface area contributed by atoms with Crippen molar-refractivity contribution < 1.29 is 35.9 Å². The predicted octanol–water partition coefficient (Wildman–Crippen LogP) is 5.55. The Labute approximate surface area is 215 Å². The third-order valence-corrected chi connectivity index (χ3v) is 7.35. The molecule has 38 heavy (non-hydrogen) atoms. The number of benzene rings is 1. The molecule has 2 unspecified atom stereocenters. The summed E-state index contributed by atoms with van der Waals surface area (Å²) in [5.41, 5.74) is -2.52. The molecule has 1 aromatic heterocycles. The molecule has 7 nitrogen and oxygen atoms in total.